The molecule has 5 N–H and O–H groups in total. The van der Waals surface area contributed by atoms with Gasteiger partial charge in [0.1, 0.15) is 22.8 Å². The first-order chi connectivity index (χ1) is 14.6. The van der Waals surface area contributed by atoms with Gasteiger partial charge in [-0.25, -0.2) is 9.18 Å². The van der Waals surface area contributed by atoms with Crippen molar-refractivity contribution in [2.75, 3.05) is 17.2 Å². The number of carbonyl (C=O) groups excluding carboxylic acids is 1. The van der Waals surface area contributed by atoms with E-state index in [9.17, 15) is 14.3 Å². The molecule has 164 valence electrons. The Labute approximate surface area is 183 Å². The van der Waals surface area contributed by atoms with Crippen molar-refractivity contribution < 1.29 is 19.0 Å². The monoisotopic (exact) mass is 447 g/mol. The number of ether oxygens (including phenoxy) is 1. The van der Waals surface area contributed by atoms with Crippen LogP contribution in [0.2, 0.25) is 5.02 Å². The number of nitrogens with one attached hydrogen (secondary N) is 2. The normalized spacial score (nSPS) is 11.3. The average molecular weight is 448 g/mol. The number of aromatic hydroxyl groups is 1. The quantitative estimate of drug-likeness (QED) is 0.419. The number of rotatable bonds is 6. The first kappa shape index (κ1) is 22.4. The van der Waals surface area contributed by atoms with Crippen molar-refractivity contribution in [2.45, 2.75) is 19.4 Å². The molecular formula is C21H23ClFN5O3. The zero-order chi connectivity index (χ0) is 22.8. The highest BCUT2D eigenvalue weighted by Gasteiger charge is 2.23. The van der Waals surface area contributed by atoms with Gasteiger partial charge in [0.15, 0.2) is 5.82 Å². The standard InChI is InChI=1S/C21H23ClFN5O3/c1-21(2,11-24)31-18-7-5-13(9-14(18)19-15(23)10-25-28(19)3)26-20(30)27-16-6-4-12(22)8-17(16)29/h4-10,29H,11,24H2,1-3H3,(H2,26,27,30). The van der Waals surface area contributed by atoms with E-state index in [4.69, 9.17) is 22.1 Å². The van der Waals surface area contributed by atoms with Gasteiger partial charge in [-0.05, 0) is 44.2 Å². The predicted octanol–water partition coefficient (Wildman–Crippen LogP) is 4.35. The molecule has 0 aliphatic carbocycles. The maximum Gasteiger partial charge on any atom is 0.323 e. The minimum absolute atomic E-state index is 0.173. The molecule has 0 aliphatic rings. The highest BCUT2D eigenvalue weighted by Crippen LogP contribution is 2.36. The Morgan fingerprint density at radius 1 is 1.29 bits per heavy atom. The molecule has 3 rings (SSSR count). The molecule has 0 radical (unpaired) electrons. The van der Waals surface area contributed by atoms with Crippen LogP contribution in [0.25, 0.3) is 11.3 Å². The molecule has 0 saturated heterocycles. The van der Waals surface area contributed by atoms with Crippen LogP contribution < -0.4 is 21.1 Å². The Hall–Kier alpha value is -3.30. The summed E-state index contributed by atoms with van der Waals surface area (Å²) in [4.78, 5) is 12.4. The third-order valence-corrected chi connectivity index (χ3v) is 4.71. The van der Waals surface area contributed by atoms with Crippen molar-refractivity contribution in [3.05, 3.63) is 53.4 Å². The molecule has 2 aromatic carbocycles. The molecule has 1 heterocycles. The number of halogens is 2. The van der Waals surface area contributed by atoms with E-state index in [1.807, 2.05) is 13.8 Å². The van der Waals surface area contributed by atoms with Gasteiger partial charge < -0.3 is 26.2 Å². The summed E-state index contributed by atoms with van der Waals surface area (Å²) in [7, 11) is 1.60. The van der Waals surface area contributed by atoms with Crippen LogP contribution in [-0.2, 0) is 7.05 Å². The van der Waals surface area contributed by atoms with Gasteiger partial charge in [0.05, 0.1) is 11.9 Å². The zero-order valence-corrected chi connectivity index (χ0v) is 18.0. The van der Waals surface area contributed by atoms with Crippen molar-refractivity contribution >= 4 is 29.0 Å². The van der Waals surface area contributed by atoms with E-state index in [0.29, 0.717) is 22.0 Å². The van der Waals surface area contributed by atoms with Gasteiger partial charge >= 0.3 is 6.03 Å². The van der Waals surface area contributed by atoms with Crippen molar-refractivity contribution in [1.82, 2.24) is 9.78 Å². The number of nitrogens with zero attached hydrogens (tertiary/aromatic N) is 2. The summed E-state index contributed by atoms with van der Waals surface area (Å²) < 4.78 is 21.8. The number of hydrogen-bond donors (Lipinski definition) is 4. The molecule has 0 bridgehead atoms. The van der Waals surface area contributed by atoms with E-state index >= 15 is 0 Å². The lowest BCUT2D eigenvalue weighted by Crippen LogP contribution is -2.37. The van der Waals surface area contributed by atoms with Crippen LogP contribution in [0.1, 0.15) is 13.8 Å². The first-order valence-electron chi connectivity index (χ1n) is 9.37. The Morgan fingerprint density at radius 2 is 2.03 bits per heavy atom. The van der Waals surface area contributed by atoms with E-state index in [-0.39, 0.29) is 23.7 Å². The topological polar surface area (TPSA) is 114 Å². The second-order valence-electron chi connectivity index (χ2n) is 7.48. The van der Waals surface area contributed by atoms with Crippen LogP contribution in [0.4, 0.5) is 20.6 Å². The number of hydrogen-bond acceptors (Lipinski definition) is 5. The van der Waals surface area contributed by atoms with Crippen molar-refractivity contribution in [1.29, 1.82) is 0 Å². The molecule has 0 aliphatic heterocycles. The fraction of sp³-hybridized carbons (Fsp3) is 0.238. The maximum atomic E-state index is 14.4. The number of aromatic nitrogens is 2. The van der Waals surface area contributed by atoms with Gasteiger partial charge in [-0.2, -0.15) is 5.10 Å². The second-order valence-corrected chi connectivity index (χ2v) is 7.92. The van der Waals surface area contributed by atoms with E-state index < -0.39 is 17.4 Å². The van der Waals surface area contributed by atoms with E-state index in [2.05, 4.69) is 15.7 Å². The van der Waals surface area contributed by atoms with Crippen molar-refractivity contribution in [3.63, 3.8) is 0 Å². The minimum Gasteiger partial charge on any atom is -0.506 e. The van der Waals surface area contributed by atoms with Crippen LogP contribution in [0.15, 0.2) is 42.6 Å². The van der Waals surface area contributed by atoms with E-state index in [1.54, 1.807) is 25.2 Å². The van der Waals surface area contributed by atoms with Crippen LogP contribution in [-0.4, -0.2) is 33.1 Å². The second kappa shape index (κ2) is 8.83. The molecule has 31 heavy (non-hydrogen) atoms. The lowest BCUT2D eigenvalue weighted by atomic mass is 10.1. The van der Waals surface area contributed by atoms with Gasteiger partial charge in [-0.15, -0.1) is 0 Å². The van der Waals surface area contributed by atoms with Gasteiger partial charge in [0.25, 0.3) is 0 Å². The van der Waals surface area contributed by atoms with Crippen molar-refractivity contribution in [2.24, 2.45) is 12.8 Å². The molecule has 3 aromatic rings. The van der Waals surface area contributed by atoms with Gasteiger partial charge in [0, 0.05) is 35.9 Å². The molecule has 2 amide bonds. The molecule has 8 nitrogen and oxygen atoms in total. The third-order valence-electron chi connectivity index (χ3n) is 4.47. The Kier molecular flexibility index (Phi) is 6.37. The molecule has 0 spiro atoms. The summed E-state index contributed by atoms with van der Waals surface area (Å²) in [5.41, 5.74) is 6.22. The number of anilines is 2. The average Bonchev–Trinajstić information content (AvgIpc) is 3.03. The largest absolute Gasteiger partial charge is 0.506 e. The number of benzene rings is 2. The molecule has 0 saturated carbocycles. The highest BCUT2D eigenvalue weighted by molar-refractivity contribution is 6.30. The lowest BCUT2D eigenvalue weighted by molar-refractivity contribution is 0.119. The fourth-order valence-corrected chi connectivity index (χ4v) is 3.00. The van der Waals surface area contributed by atoms with Crippen LogP contribution in [0, 0.1) is 5.82 Å². The molecular weight excluding hydrogens is 425 g/mol. The van der Waals surface area contributed by atoms with Crippen molar-refractivity contribution in [3.8, 4) is 22.8 Å². The third kappa shape index (κ3) is 5.25. The number of amides is 2. The molecule has 10 heteroatoms. The maximum absolute atomic E-state index is 14.4. The molecule has 0 fully saturated rings. The fourth-order valence-electron chi connectivity index (χ4n) is 2.83. The predicted molar refractivity (Wildman–Crippen MR) is 118 cm³/mol. The first-order valence-corrected chi connectivity index (χ1v) is 9.75. The van der Waals surface area contributed by atoms with Gasteiger partial charge in [0.2, 0.25) is 0 Å². The Balaban J connectivity index is 1.91. The molecule has 0 unspecified atom stereocenters. The smallest absolute Gasteiger partial charge is 0.323 e. The van der Waals surface area contributed by atoms with Gasteiger partial charge in [-0.1, -0.05) is 11.6 Å². The minimum atomic E-state index is -0.692. The van der Waals surface area contributed by atoms with E-state index in [1.165, 1.54) is 22.9 Å². The Bertz CT molecular complexity index is 1100. The molecule has 0 atom stereocenters. The van der Waals surface area contributed by atoms with E-state index in [0.717, 1.165) is 6.20 Å². The van der Waals surface area contributed by atoms with Crippen LogP contribution in [0.3, 0.4) is 0 Å². The number of phenols is 1. The number of urea groups is 1. The zero-order valence-electron chi connectivity index (χ0n) is 17.2. The number of carbonyl (C=O) groups is 1. The highest BCUT2D eigenvalue weighted by atomic mass is 35.5. The lowest BCUT2D eigenvalue weighted by Gasteiger charge is -2.26. The van der Waals surface area contributed by atoms with Crippen LogP contribution in [0.5, 0.6) is 11.5 Å². The molecule has 1 aromatic heterocycles. The SMILES string of the molecule is Cn1ncc(F)c1-c1cc(NC(=O)Nc2ccc(Cl)cc2O)ccc1OC(C)(C)CN. The summed E-state index contributed by atoms with van der Waals surface area (Å²) in [6, 6.07) is 8.51. The number of nitrogens with two attached hydrogens (primary N) is 1. The Morgan fingerprint density at radius 3 is 2.65 bits per heavy atom. The summed E-state index contributed by atoms with van der Waals surface area (Å²) >= 11 is 5.80. The number of aryl methyl sites for hydroxylation is 1. The summed E-state index contributed by atoms with van der Waals surface area (Å²) in [6.45, 7) is 3.87. The summed E-state index contributed by atoms with van der Waals surface area (Å²) in [6.07, 6.45) is 1.10. The van der Waals surface area contributed by atoms with Gasteiger partial charge in [-0.3, -0.25) is 4.68 Å². The number of phenolic OH excluding ortho intramolecular Hbond substituents is 1. The summed E-state index contributed by atoms with van der Waals surface area (Å²) in [5.74, 6) is -0.321. The van der Waals surface area contributed by atoms with Crippen LogP contribution >= 0.6 is 11.6 Å². The summed E-state index contributed by atoms with van der Waals surface area (Å²) in [5, 5.41) is 19.3.